The van der Waals surface area contributed by atoms with Crippen LogP contribution < -0.4 is 10.6 Å². The molecule has 0 radical (unpaired) electrons. The molecule has 23 heavy (non-hydrogen) atoms. The van der Waals surface area contributed by atoms with Crippen molar-refractivity contribution in [1.29, 1.82) is 0 Å². The summed E-state index contributed by atoms with van der Waals surface area (Å²) < 4.78 is 16.8. The van der Waals surface area contributed by atoms with Gasteiger partial charge in [0, 0.05) is 6.42 Å². The van der Waals surface area contributed by atoms with E-state index in [0.717, 1.165) is 0 Å². The number of fused-ring (bicyclic) bond motifs is 2. The first-order valence-electron chi connectivity index (χ1n) is 7.78. The number of likely N-dealkylation sites (N-methyl/N-ethyl adjacent to an activating group) is 2. The standard InChI is InChI=1S/C14H24N2O7/c1-5-4-6(17)14(20)13(21-5)22-12-10(19)7(15-2)9(18)8(16-3)11(12)23-14/h5,7-13,15-16,18-20H,4H2,1-3H3/t5-,7-,8+,9+,10-,11?,12?,13?,14+/m1/s1. The molecular weight excluding hydrogens is 308 g/mol. The molecule has 1 saturated carbocycles. The Bertz CT molecular complexity index is 478. The van der Waals surface area contributed by atoms with Crippen LogP contribution in [0.2, 0.25) is 0 Å². The fourth-order valence-electron chi connectivity index (χ4n) is 3.68. The van der Waals surface area contributed by atoms with Gasteiger partial charge in [-0.2, -0.15) is 0 Å². The van der Waals surface area contributed by atoms with Crippen molar-refractivity contribution in [1.82, 2.24) is 10.6 Å². The van der Waals surface area contributed by atoms with E-state index in [1.807, 2.05) is 0 Å². The van der Waals surface area contributed by atoms with E-state index in [1.165, 1.54) is 0 Å². The van der Waals surface area contributed by atoms with Gasteiger partial charge < -0.3 is 40.2 Å². The van der Waals surface area contributed by atoms with Crippen molar-refractivity contribution in [3.8, 4) is 0 Å². The van der Waals surface area contributed by atoms with E-state index in [9.17, 15) is 20.1 Å². The number of aliphatic hydroxyl groups excluding tert-OH is 2. The molecule has 9 nitrogen and oxygen atoms in total. The largest absolute Gasteiger partial charge is 0.390 e. The molecule has 3 rings (SSSR count). The van der Waals surface area contributed by atoms with Gasteiger partial charge in [0.2, 0.25) is 6.29 Å². The second kappa shape index (κ2) is 6.01. The Kier molecular flexibility index (Phi) is 4.49. The third-order valence-electron chi connectivity index (χ3n) is 4.93. The highest BCUT2D eigenvalue weighted by Crippen LogP contribution is 2.40. The van der Waals surface area contributed by atoms with E-state index in [4.69, 9.17) is 14.2 Å². The number of nitrogens with one attached hydrogen (secondary N) is 2. The van der Waals surface area contributed by atoms with Gasteiger partial charge in [-0.05, 0) is 21.0 Å². The van der Waals surface area contributed by atoms with Crippen LogP contribution in [0.15, 0.2) is 0 Å². The molecule has 9 heteroatoms. The van der Waals surface area contributed by atoms with Crippen LogP contribution in [-0.4, -0.2) is 89.9 Å². The molecular formula is C14H24N2O7. The molecule has 1 aliphatic carbocycles. The van der Waals surface area contributed by atoms with Gasteiger partial charge in [-0.1, -0.05) is 0 Å². The molecule has 3 fully saturated rings. The highest BCUT2D eigenvalue weighted by atomic mass is 16.8. The Morgan fingerprint density at radius 3 is 2.35 bits per heavy atom. The molecule has 9 atom stereocenters. The van der Waals surface area contributed by atoms with Crippen molar-refractivity contribution in [3.63, 3.8) is 0 Å². The highest BCUT2D eigenvalue weighted by Gasteiger charge is 2.63. The van der Waals surface area contributed by atoms with Crippen molar-refractivity contribution in [2.75, 3.05) is 14.1 Å². The molecule has 3 unspecified atom stereocenters. The van der Waals surface area contributed by atoms with Crippen molar-refractivity contribution in [2.45, 2.75) is 68.0 Å². The molecule has 5 N–H and O–H groups in total. The summed E-state index contributed by atoms with van der Waals surface area (Å²) in [5.41, 5.74) is 0. The molecule has 2 heterocycles. The van der Waals surface area contributed by atoms with Crippen molar-refractivity contribution < 1.29 is 34.3 Å². The monoisotopic (exact) mass is 332 g/mol. The Morgan fingerprint density at radius 2 is 1.74 bits per heavy atom. The molecule has 3 aliphatic rings. The summed E-state index contributed by atoms with van der Waals surface area (Å²) >= 11 is 0. The fourth-order valence-corrected chi connectivity index (χ4v) is 3.68. The Hall–Kier alpha value is -0.650. The third kappa shape index (κ3) is 2.52. The highest BCUT2D eigenvalue weighted by molar-refractivity contribution is 5.87. The lowest BCUT2D eigenvalue weighted by atomic mass is 9.80. The zero-order valence-electron chi connectivity index (χ0n) is 13.3. The topological polar surface area (TPSA) is 130 Å². The van der Waals surface area contributed by atoms with Crippen molar-refractivity contribution >= 4 is 5.78 Å². The zero-order valence-corrected chi connectivity index (χ0v) is 13.3. The van der Waals surface area contributed by atoms with Crippen LogP contribution in [-0.2, 0) is 19.0 Å². The SMILES string of the molecule is CN[C@@H]1[C@H](O)[C@H](NC)C2O[C@@]3(O)C(=O)C[C@@H](C)OC3OC2[C@@H]1O. The van der Waals surface area contributed by atoms with E-state index in [-0.39, 0.29) is 6.42 Å². The summed E-state index contributed by atoms with van der Waals surface area (Å²) in [5.74, 6) is -2.76. The second-order valence-electron chi connectivity index (χ2n) is 6.40. The van der Waals surface area contributed by atoms with Gasteiger partial charge in [0.25, 0.3) is 5.79 Å². The number of hydrogen-bond donors (Lipinski definition) is 5. The second-order valence-corrected chi connectivity index (χ2v) is 6.40. The first-order chi connectivity index (χ1) is 10.8. The van der Waals surface area contributed by atoms with Gasteiger partial charge in [0.15, 0.2) is 5.78 Å². The Balaban J connectivity index is 1.92. The zero-order chi connectivity index (χ0) is 16.9. The van der Waals surface area contributed by atoms with Crippen LogP contribution in [0, 0.1) is 0 Å². The lowest BCUT2D eigenvalue weighted by molar-refractivity contribution is -0.420. The maximum absolute atomic E-state index is 12.2. The molecule has 0 aromatic heterocycles. The van der Waals surface area contributed by atoms with Crippen LogP contribution in [0.3, 0.4) is 0 Å². The van der Waals surface area contributed by atoms with Crippen LogP contribution in [0.4, 0.5) is 0 Å². The van der Waals surface area contributed by atoms with Crippen LogP contribution in [0.5, 0.6) is 0 Å². The number of rotatable bonds is 2. The number of hydrogen-bond acceptors (Lipinski definition) is 9. The number of aliphatic hydroxyl groups is 3. The molecule has 0 spiro atoms. The number of ketones is 1. The first-order valence-corrected chi connectivity index (χ1v) is 7.78. The summed E-state index contributed by atoms with van der Waals surface area (Å²) in [6.45, 7) is 1.70. The number of ether oxygens (including phenoxy) is 3. The number of carbonyl (C=O) groups is 1. The molecule has 2 saturated heterocycles. The quantitative estimate of drug-likeness (QED) is 0.361. The fraction of sp³-hybridized carbons (Fsp3) is 0.929. The van der Waals surface area contributed by atoms with Gasteiger partial charge in [-0.15, -0.1) is 0 Å². The van der Waals surface area contributed by atoms with E-state index >= 15 is 0 Å². The smallest absolute Gasteiger partial charge is 0.280 e. The third-order valence-corrected chi connectivity index (χ3v) is 4.93. The molecule has 132 valence electrons. The van der Waals surface area contributed by atoms with Crippen molar-refractivity contribution in [2.24, 2.45) is 0 Å². The van der Waals surface area contributed by atoms with Crippen LogP contribution in [0.25, 0.3) is 0 Å². The van der Waals surface area contributed by atoms with Crippen molar-refractivity contribution in [3.05, 3.63) is 0 Å². The lowest BCUT2D eigenvalue weighted by Crippen LogP contribution is -2.77. The molecule has 0 aromatic carbocycles. The Labute approximate surface area is 133 Å². The van der Waals surface area contributed by atoms with Crippen LogP contribution >= 0.6 is 0 Å². The minimum Gasteiger partial charge on any atom is -0.390 e. The molecule has 0 aromatic rings. The maximum atomic E-state index is 12.2. The molecule has 2 aliphatic heterocycles. The van der Waals surface area contributed by atoms with E-state index in [2.05, 4.69) is 10.6 Å². The van der Waals surface area contributed by atoms with Crippen LogP contribution in [0.1, 0.15) is 13.3 Å². The summed E-state index contributed by atoms with van der Waals surface area (Å²) in [6, 6.07) is -1.29. The van der Waals surface area contributed by atoms with Gasteiger partial charge in [0.1, 0.15) is 18.3 Å². The summed E-state index contributed by atoms with van der Waals surface area (Å²) in [7, 11) is 3.24. The predicted molar refractivity (Wildman–Crippen MR) is 76.4 cm³/mol. The van der Waals surface area contributed by atoms with Gasteiger partial charge >= 0.3 is 0 Å². The molecule has 0 bridgehead atoms. The minimum atomic E-state index is -2.23. The normalized spacial score (nSPS) is 53.6. The average Bonchev–Trinajstić information content (AvgIpc) is 2.49. The summed E-state index contributed by atoms with van der Waals surface area (Å²) in [5, 5.41) is 37.2. The summed E-state index contributed by atoms with van der Waals surface area (Å²) in [4.78, 5) is 12.2. The van der Waals surface area contributed by atoms with E-state index in [1.54, 1.807) is 21.0 Å². The van der Waals surface area contributed by atoms with E-state index in [0.29, 0.717) is 0 Å². The average molecular weight is 332 g/mol. The molecule has 0 amide bonds. The Morgan fingerprint density at radius 1 is 1.09 bits per heavy atom. The maximum Gasteiger partial charge on any atom is 0.280 e. The minimum absolute atomic E-state index is 0.00220. The van der Waals surface area contributed by atoms with Gasteiger partial charge in [-0.25, -0.2) is 0 Å². The first kappa shape index (κ1) is 17.2. The summed E-state index contributed by atoms with van der Waals surface area (Å²) in [6.07, 6.45) is -5.58. The number of carbonyl (C=O) groups excluding carboxylic acids is 1. The van der Waals surface area contributed by atoms with Gasteiger partial charge in [-0.3, -0.25) is 4.79 Å². The van der Waals surface area contributed by atoms with E-state index < -0.39 is 60.5 Å². The lowest BCUT2D eigenvalue weighted by Gasteiger charge is -2.55. The van der Waals surface area contributed by atoms with Gasteiger partial charge in [0.05, 0.1) is 24.3 Å². The number of Topliss-reactive ketones (excluding diaryl/α,β-unsaturated/α-hetero) is 1. The predicted octanol–water partition coefficient (Wildman–Crippen LogP) is -2.93.